The van der Waals surface area contributed by atoms with Crippen LogP contribution in [0.1, 0.15) is 40.0 Å². The third-order valence-corrected chi connectivity index (χ3v) is 4.94. The summed E-state index contributed by atoms with van der Waals surface area (Å²) in [5.41, 5.74) is 1.74. The van der Waals surface area contributed by atoms with Gasteiger partial charge in [-0.1, -0.05) is 12.1 Å². The van der Waals surface area contributed by atoms with Gasteiger partial charge in [-0.05, 0) is 58.1 Å². The third-order valence-electron chi connectivity index (χ3n) is 4.94. The van der Waals surface area contributed by atoms with E-state index < -0.39 is 5.60 Å². The lowest BCUT2D eigenvalue weighted by atomic mass is 9.94. The molecule has 2 aromatic rings. The number of benzene rings is 1. The van der Waals surface area contributed by atoms with E-state index in [1.165, 1.54) is 0 Å². The van der Waals surface area contributed by atoms with Crippen molar-refractivity contribution >= 4 is 17.1 Å². The van der Waals surface area contributed by atoms with E-state index in [0.717, 1.165) is 56.5 Å². The van der Waals surface area contributed by atoms with Crippen LogP contribution in [0.4, 0.5) is 4.79 Å². The Balaban J connectivity index is 1.31. The van der Waals surface area contributed by atoms with Gasteiger partial charge in [0.25, 0.3) is 0 Å². The lowest BCUT2D eigenvalue weighted by molar-refractivity contribution is 0.0166. The van der Waals surface area contributed by atoms with Crippen molar-refractivity contribution in [3.63, 3.8) is 0 Å². The maximum absolute atomic E-state index is 12.1. The topological polar surface area (TPSA) is 56.6 Å². The van der Waals surface area contributed by atoms with Gasteiger partial charge < -0.3 is 18.9 Å². The molecule has 1 aromatic heterocycles. The standard InChI is InChI=1S/C21H31N3O3/c1-21(2,3)27-20(25)23-11-8-17(9-12-23)10-14-26-15-13-24-16-22-18-6-4-5-7-19(18)24/h4-7,16-17H,8-15H2,1-3H3. The zero-order valence-electron chi connectivity index (χ0n) is 16.7. The molecule has 1 aliphatic rings. The van der Waals surface area contributed by atoms with Gasteiger partial charge in [-0.15, -0.1) is 0 Å². The Hall–Kier alpha value is -2.08. The molecule has 0 bridgehead atoms. The average Bonchev–Trinajstić information content (AvgIpc) is 3.04. The Morgan fingerprint density at radius 1 is 1.19 bits per heavy atom. The maximum Gasteiger partial charge on any atom is 0.410 e. The number of ether oxygens (including phenoxy) is 2. The van der Waals surface area contributed by atoms with Crippen LogP contribution < -0.4 is 0 Å². The molecule has 0 N–H and O–H groups in total. The van der Waals surface area contributed by atoms with Gasteiger partial charge in [-0.25, -0.2) is 9.78 Å². The van der Waals surface area contributed by atoms with Gasteiger partial charge in [0.1, 0.15) is 5.60 Å². The van der Waals surface area contributed by atoms with E-state index in [2.05, 4.69) is 15.6 Å². The van der Waals surface area contributed by atoms with Crippen molar-refractivity contribution < 1.29 is 14.3 Å². The molecular weight excluding hydrogens is 342 g/mol. The molecule has 148 valence electrons. The van der Waals surface area contributed by atoms with Crippen LogP contribution in [0.25, 0.3) is 11.0 Å². The van der Waals surface area contributed by atoms with Crippen LogP contribution in [0.2, 0.25) is 0 Å². The maximum atomic E-state index is 12.1. The fraction of sp³-hybridized carbons (Fsp3) is 0.619. The zero-order chi connectivity index (χ0) is 19.3. The minimum atomic E-state index is -0.428. The van der Waals surface area contributed by atoms with Gasteiger partial charge in [0, 0.05) is 26.2 Å². The molecule has 2 heterocycles. The number of likely N-dealkylation sites (tertiary alicyclic amines) is 1. The summed E-state index contributed by atoms with van der Waals surface area (Å²) in [6, 6.07) is 8.15. The molecule has 0 saturated carbocycles. The second-order valence-corrected chi connectivity index (χ2v) is 8.24. The molecule has 0 unspecified atom stereocenters. The number of carbonyl (C=O) groups excluding carboxylic acids is 1. The lowest BCUT2D eigenvalue weighted by Gasteiger charge is -2.33. The first-order chi connectivity index (χ1) is 12.9. The van der Waals surface area contributed by atoms with E-state index in [-0.39, 0.29) is 6.09 Å². The summed E-state index contributed by atoms with van der Waals surface area (Å²) in [5.74, 6) is 0.623. The SMILES string of the molecule is CC(C)(C)OC(=O)N1CCC(CCOCCn2cnc3ccccc32)CC1. The monoisotopic (exact) mass is 373 g/mol. The van der Waals surface area contributed by atoms with E-state index in [1.54, 1.807) is 0 Å². The number of imidazole rings is 1. The first-order valence-corrected chi connectivity index (χ1v) is 9.88. The van der Waals surface area contributed by atoms with E-state index in [1.807, 2.05) is 50.2 Å². The van der Waals surface area contributed by atoms with E-state index in [9.17, 15) is 4.79 Å². The van der Waals surface area contributed by atoms with Crippen LogP contribution in [0.3, 0.4) is 0 Å². The van der Waals surface area contributed by atoms with Crippen LogP contribution in [0, 0.1) is 5.92 Å². The molecule has 27 heavy (non-hydrogen) atoms. The van der Waals surface area contributed by atoms with E-state index >= 15 is 0 Å². The van der Waals surface area contributed by atoms with Gasteiger partial charge in [0.05, 0.1) is 24.0 Å². The summed E-state index contributed by atoms with van der Waals surface area (Å²) in [4.78, 5) is 18.3. The minimum absolute atomic E-state index is 0.190. The summed E-state index contributed by atoms with van der Waals surface area (Å²) < 4.78 is 13.4. The highest BCUT2D eigenvalue weighted by atomic mass is 16.6. The number of para-hydroxylation sites is 2. The molecule has 0 atom stereocenters. The number of amides is 1. The predicted octanol–water partition coefficient (Wildman–Crippen LogP) is 4.09. The molecule has 6 nitrogen and oxygen atoms in total. The van der Waals surface area contributed by atoms with Gasteiger partial charge in [-0.2, -0.15) is 0 Å². The van der Waals surface area contributed by atoms with E-state index in [0.29, 0.717) is 12.5 Å². The van der Waals surface area contributed by atoms with Crippen molar-refractivity contribution in [1.29, 1.82) is 0 Å². The summed E-state index contributed by atoms with van der Waals surface area (Å²) in [6.45, 7) is 9.55. The van der Waals surface area contributed by atoms with Crippen molar-refractivity contribution in [1.82, 2.24) is 14.5 Å². The summed E-state index contributed by atoms with van der Waals surface area (Å²) in [6.07, 6.45) is 4.78. The number of hydrogen-bond acceptors (Lipinski definition) is 4. The van der Waals surface area contributed by atoms with Crippen molar-refractivity contribution in [3.8, 4) is 0 Å². The predicted molar refractivity (Wildman–Crippen MR) is 106 cm³/mol. The Labute approximate surface area is 161 Å². The Morgan fingerprint density at radius 3 is 2.67 bits per heavy atom. The van der Waals surface area contributed by atoms with Crippen molar-refractivity contribution in [3.05, 3.63) is 30.6 Å². The second kappa shape index (κ2) is 8.74. The third kappa shape index (κ3) is 5.70. The van der Waals surface area contributed by atoms with Crippen LogP contribution in [0.15, 0.2) is 30.6 Å². The number of nitrogens with zero attached hydrogens (tertiary/aromatic N) is 3. The molecule has 1 saturated heterocycles. The molecule has 0 spiro atoms. The lowest BCUT2D eigenvalue weighted by Crippen LogP contribution is -2.41. The Morgan fingerprint density at radius 2 is 1.93 bits per heavy atom. The van der Waals surface area contributed by atoms with Crippen molar-refractivity contribution in [2.24, 2.45) is 5.92 Å². The summed E-state index contributed by atoms with van der Waals surface area (Å²) in [7, 11) is 0. The first kappa shape index (κ1) is 19.7. The smallest absolute Gasteiger partial charge is 0.410 e. The Bertz CT molecular complexity index is 742. The average molecular weight is 373 g/mol. The fourth-order valence-corrected chi connectivity index (χ4v) is 3.43. The van der Waals surface area contributed by atoms with Gasteiger partial charge in [0.15, 0.2) is 0 Å². The number of rotatable bonds is 6. The highest BCUT2D eigenvalue weighted by Crippen LogP contribution is 2.22. The van der Waals surface area contributed by atoms with Gasteiger partial charge >= 0.3 is 6.09 Å². The largest absolute Gasteiger partial charge is 0.444 e. The summed E-state index contributed by atoms with van der Waals surface area (Å²) >= 11 is 0. The van der Waals surface area contributed by atoms with Gasteiger partial charge in [-0.3, -0.25) is 0 Å². The molecule has 0 aliphatic carbocycles. The number of aromatic nitrogens is 2. The molecular formula is C21H31N3O3. The molecule has 1 fully saturated rings. The molecule has 1 aromatic carbocycles. The molecule has 3 rings (SSSR count). The van der Waals surface area contributed by atoms with E-state index in [4.69, 9.17) is 9.47 Å². The first-order valence-electron chi connectivity index (χ1n) is 9.88. The number of fused-ring (bicyclic) bond motifs is 1. The summed E-state index contributed by atoms with van der Waals surface area (Å²) in [5, 5.41) is 0. The zero-order valence-corrected chi connectivity index (χ0v) is 16.7. The van der Waals surface area contributed by atoms with Gasteiger partial charge in [0.2, 0.25) is 0 Å². The minimum Gasteiger partial charge on any atom is -0.444 e. The molecule has 1 amide bonds. The van der Waals surface area contributed by atoms with Crippen molar-refractivity contribution in [2.45, 2.75) is 52.2 Å². The normalized spacial score (nSPS) is 16.0. The highest BCUT2D eigenvalue weighted by molar-refractivity contribution is 5.74. The van der Waals surface area contributed by atoms with Crippen LogP contribution in [-0.4, -0.2) is 52.4 Å². The van der Waals surface area contributed by atoms with Crippen molar-refractivity contribution in [2.75, 3.05) is 26.3 Å². The molecule has 1 aliphatic heterocycles. The molecule has 6 heteroatoms. The van der Waals surface area contributed by atoms with Crippen LogP contribution >= 0.6 is 0 Å². The number of hydrogen-bond donors (Lipinski definition) is 0. The second-order valence-electron chi connectivity index (χ2n) is 8.24. The van der Waals surface area contributed by atoms with Crippen LogP contribution in [0.5, 0.6) is 0 Å². The highest BCUT2D eigenvalue weighted by Gasteiger charge is 2.26. The Kier molecular flexibility index (Phi) is 6.37. The number of carbonyl (C=O) groups is 1. The molecule has 0 radical (unpaired) electrons. The van der Waals surface area contributed by atoms with Crippen LogP contribution in [-0.2, 0) is 16.0 Å². The fourth-order valence-electron chi connectivity index (χ4n) is 3.43. The quantitative estimate of drug-likeness (QED) is 0.716. The number of piperidine rings is 1.